The SMILES string of the molecule is Cc1ccc(-c2n[n+](-c3ccccc3)c(-c3ccccc3)n2/N=C(\[O-])c2ccc([N+](=O)[O-])cc2)cc1. The number of non-ortho nitro benzene ring substituents is 1. The van der Waals surface area contributed by atoms with Crippen LogP contribution in [0.4, 0.5) is 5.69 Å². The molecule has 5 rings (SSSR count). The van der Waals surface area contributed by atoms with Gasteiger partial charge in [0.2, 0.25) is 0 Å². The third kappa shape index (κ3) is 4.47. The summed E-state index contributed by atoms with van der Waals surface area (Å²) in [5.41, 5.74) is 3.63. The van der Waals surface area contributed by atoms with Crippen LogP contribution in [0.25, 0.3) is 28.5 Å². The van der Waals surface area contributed by atoms with Crippen molar-refractivity contribution >= 4 is 11.6 Å². The number of nitro groups is 1. The number of benzene rings is 4. The molecule has 1 heterocycles. The van der Waals surface area contributed by atoms with Gasteiger partial charge < -0.3 is 5.11 Å². The number of aryl methyl sites for hydroxylation is 1. The van der Waals surface area contributed by atoms with Gasteiger partial charge in [0.15, 0.2) is 5.69 Å². The first kappa shape index (κ1) is 22.7. The zero-order valence-corrected chi connectivity index (χ0v) is 19.4. The molecule has 176 valence electrons. The van der Waals surface area contributed by atoms with Gasteiger partial charge in [0, 0.05) is 23.6 Å². The van der Waals surface area contributed by atoms with Crippen molar-refractivity contribution in [2.75, 3.05) is 0 Å². The summed E-state index contributed by atoms with van der Waals surface area (Å²) in [6.45, 7) is 2.00. The van der Waals surface area contributed by atoms with E-state index in [1.165, 1.54) is 28.9 Å². The van der Waals surface area contributed by atoms with E-state index in [1.807, 2.05) is 91.9 Å². The number of hydrogen-bond acceptors (Lipinski definition) is 5. The number of rotatable bonds is 6. The number of para-hydroxylation sites is 1. The molecule has 4 aromatic carbocycles. The molecule has 0 N–H and O–H groups in total. The third-order valence-corrected chi connectivity index (χ3v) is 5.66. The Morgan fingerprint density at radius 3 is 2.06 bits per heavy atom. The summed E-state index contributed by atoms with van der Waals surface area (Å²) >= 11 is 0. The van der Waals surface area contributed by atoms with Crippen LogP contribution in [-0.4, -0.2) is 20.6 Å². The number of nitrogens with zero attached hydrogens (tertiary/aromatic N) is 5. The van der Waals surface area contributed by atoms with Gasteiger partial charge in [-0.3, -0.25) is 10.1 Å². The Hall–Kier alpha value is -5.11. The molecule has 1 aromatic heterocycles. The Labute approximate surface area is 207 Å². The molecule has 0 saturated heterocycles. The minimum Gasteiger partial charge on any atom is -0.856 e. The minimum atomic E-state index is -0.548. The summed E-state index contributed by atoms with van der Waals surface area (Å²) in [6, 6.07) is 32.4. The van der Waals surface area contributed by atoms with Gasteiger partial charge >= 0.3 is 5.82 Å². The second kappa shape index (κ2) is 9.63. The van der Waals surface area contributed by atoms with Crippen LogP contribution in [0, 0.1) is 17.0 Å². The summed E-state index contributed by atoms with van der Waals surface area (Å²) in [6.07, 6.45) is 0. The largest absolute Gasteiger partial charge is 0.856 e. The number of hydrogen-bond donors (Lipinski definition) is 0. The molecule has 8 heteroatoms. The molecule has 0 aliphatic heterocycles. The molecular formula is C28H21N5O3. The maximum absolute atomic E-state index is 13.3. The van der Waals surface area contributed by atoms with Gasteiger partial charge in [-0.2, -0.15) is 0 Å². The van der Waals surface area contributed by atoms with E-state index in [0.717, 1.165) is 22.4 Å². The Bertz CT molecular complexity index is 1540. The van der Waals surface area contributed by atoms with Crippen molar-refractivity contribution < 1.29 is 14.7 Å². The summed E-state index contributed by atoms with van der Waals surface area (Å²) in [5, 5.41) is 33.6. The average Bonchev–Trinajstić information content (AvgIpc) is 3.29. The molecule has 0 fully saturated rings. The Morgan fingerprint density at radius 1 is 0.833 bits per heavy atom. The lowest BCUT2D eigenvalue weighted by atomic mass is 10.1. The van der Waals surface area contributed by atoms with Gasteiger partial charge in [-0.1, -0.05) is 68.6 Å². The van der Waals surface area contributed by atoms with Crippen molar-refractivity contribution in [3.63, 3.8) is 0 Å². The van der Waals surface area contributed by atoms with Crippen molar-refractivity contribution in [1.82, 2.24) is 9.77 Å². The second-order valence-corrected chi connectivity index (χ2v) is 8.15. The van der Waals surface area contributed by atoms with Gasteiger partial charge in [-0.25, -0.2) is 0 Å². The van der Waals surface area contributed by atoms with Crippen molar-refractivity contribution in [3.8, 4) is 28.5 Å². The molecule has 0 amide bonds. The lowest BCUT2D eigenvalue weighted by molar-refractivity contribution is -0.645. The van der Waals surface area contributed by atoms with E-state index >= 15 is 0 Å². The smallest absolute Gasteiger partial charge is 0.342 e. The highest BCUT2D eigenvalue weighted by atomic mass is 16.6. The van der Waals surface area contributed by atoms with Crippen LogP contribution in [0.3, 0.4) is 0 Å². The fourth-order valence-electron chi connectivity index (χ4n) is 3.81. The van der Waals surface area contributed by atoms with E-state index in [1.54, 1.807) is 4.68 Å². The highest BCUT2D eigenvalue weighted by Gasteiger charge is 2.30. The first-order valence-corrected chi connectivity index (χ1v) is 11.2. The third-order valence-electron chi connectivity index (χ3n) is 5.66. The van der Waals surface area contributed by atoms with E-state index in [0.29, 0.717) is 11.6 Å². The fraction of sp³-hybridized carbons (Fsp3) is 0.0357. The average molecular weight is 476 g/mol. The molecule has 0 spiro atoms. The van der Waals surface area contributed by atoms with Crippen LogP contribution in [-0.2, 0) is 0 Å². The van der Waals surface area contributed by atoms with E-state index in [4.69, 9.17) is 5.10 Å². The molecule has 36 heavy (non-hydrogen) atoms. The Balaban J connectivity index is 1.77. The summed E-state index contributed by atoms with van der Waals surface area (Å²) in [4.78, 5) is 10.5. The van der Waals surface area contributed by atoms with Crippen molar-refractivity contribution in [1.29, 1.82) is 0 Å². The molecule has 0 unspecified atom stereocenters. The molecule has 0 radical (unpaired) electrons. The summed E-state index contributed by atoms with van der Waals surface area (Å²) < 4.78 is 3.30. The number of aromatic nitrogens is 3. The van der Waals surface area contributed by atoms with E-state index < -0.39 is 10.8 Å². The Morgan fingerprint density at radius 2 is 1.44 bits per heavy atom. The van der Waals surface area contributed by atoms with Gasteiger partial charge in [0.1, 0.15) is 0 Å². The second-order valence-electron chi connectivity index (χ2n) is 8.15. The molecule has 8 nitrogen and oxygen atoms in total. The number of nitro benzene ring substituents is 1. The first-order valence-electron chi connectivity index (χ1n) is 11.2. The molecule has 0 aliphatic carbocycles. The topological polar surface area (TPSA) is 100 Å². The first-order chi connectivity index (χ1) is 17.5. The van der Waals surface area contributed by atoms with E-state index in [2.05, 4.69) is 5.10 Å². The van der Waals surface area contributed by atoms with Crippen LogP contribution >= 0.6 is 0 Å². The predicted octanol–water partition coefficient (Wildman–Crippen LogP) is 4.28. The van der Waals surface area contributed by atoms with Crippen LogP contribution in [0.2, 0.25) is 0 Å². The summed E-state index contributed by atoms with van der Waals surface area (Å²) in [7, 11) is 0. The van der Waals surface area contributed by atoms with Gasteiger partial charge in [0.05, 0.1) is 10.5 Å². The van der Waals surface area contributed by atoms with Crippen LogP contribution in [0.15, 0.2) is 114 Å². The molecular weight excluding hydrogens is 454 g/mol. The van der Waals surface area contributed by atoms with Crippen LogP contribution < -0.4 is 9.79 Å². The lowest BCUT2D eigenvalue weighted by Gasteiger charge is -2.09. The molecule has 0 bridgehead atoms. The van der Waals surface area contributed by atoms with Gasteiger partial charge in [0.25, 0.3) is 11.5 Å². The molecule has 0 saturated carbocycles. The molecule has 0 atom stereocenters. The van der Waals surface area contributed by atoms with E-state index in [-0.39, 0.29) is 11.3 Å². The van der Waals surface area contributed by atoms with Crippen LogP contribution in [0.5, 0.6) is 0 Å². The normalized spacial score (nSPS) is 11.4. The van der Waals surface area contributed by atoms with Crippen molar-refractivity contribution in [2.45, 2.75) is 6.92 Å². The predicted molar refractivity (Wildman–Crippen MR) is 134 cm³/mol. The summed E-state index contributed by atoms with van der Waals surface area (Å²) in [5.74, 6) is 0.522. The van der Waals surface area contributed by atoms with Crippen molar-refractivity contribution in [2.24, 2.45) is 5.10 Å². The maximum Gasteiger partial charge on any atom is 0.342 e. The minimum absolute atomic E-state index is 0.0959. The zero-order chi connectivity index (χ0) is 25.1. The van der Waals surface area contributed by atoms with Crippen molar-refractivity contribution in [3.05, 3.63) is 130 Å². The fourth-order valence-corrected chi connectivity index (χ4v) is 3.81. The Kier molecular flexibility index (Phi) is 6.07. The monoisotopic (exact) mass is 475 g/mol. The zero-order valence-electron chi connectivity index (χ0n) is 19.4. The quantitative estimate of drug-likeness (QED) is 0.120. The maximum atomic E-state index is 13.3. The molecule has 5 aromatic rings. The standard InChI is InChI=1S/C28H21N5O3/c1-20-12-14-21(15-13-20)26-29-31(24-10-6-3-7-11-24)28(23-8-4-2-5-9-23)32(26)30-27(34)22-16-18-25(19-17-22)33(35)36/h2-19H,1H3. The highest BCUT2D eigenvalue weighted by Crippen LogP contribution is 2.25. The van der Waals surface area contributed by atoms with Gasteiger partial charge in [-0.05, 0) is 66.1 Å². The highest BCUT2D eigenvalue weighted by molar-refractivity contribution is 5.91. The van der Waals surface area contributed by atoms with E-state index in [9.17, 15) is 15.2 Å². The van der Waals surface area contributed by atoms with Crippen LogP contribution in [0.1, 0.15) is 11.1 Å². The molecule has 0 aliphatic rings. The van der Waals surface area contributed by atoms with Gasteiger partial charge in [-0.15, -0.1) is 0 Å². The lowest BCUT2D eigenvalue weighted by Crippen LogP contribution is -2.35.